The molecule has 3 aromatic rings. The first-order valence-electron chi connectivity index (χ1n) is 8.25. The van der Waals surface area contributed by atoms with Crippen molar-refractivity contribution in [1.29, 1.82) is 0 Å². The predicted molar refractivity (Wildman–Crippen MR) is 103 cm³/mol. The molecule has 3 rings (SSSR count). The van der Waals surface area contributed by atoms with E-state index in [0.717, 1.165) is 16.1 Å². The van der Waals surface area contributed by atoms with Crippen molar-refractivity contribution in [3.8, 4) is 10.6 Å². The maximum atomic E-state index is 12.4. The molecule has 6 nitrogen and oxygen atoms in total. The summed E-state index contributed by atoms with van der Waals surface area (Å²) in [6.07, 6.45) is 0.129. The summed E-state index contributed by atoms with van der Waals surface area (Å²) in [7, 11) is 0. The summed E-state index contributed by atoms with van der Waals surface area (Å²) in [5, 5.41) is 12.7. The molecule has 134 valence electrons. The van der Waals surface area contributed by atoms with Crippen molar-refractivity contribution in [1.82, 2.24) is 15.5 Å². The minimum Gasteiger partial charge on any atom is -0.349 e. The summed E-state index contributed by atoms with van der Waals surface area (Å²) in [4.78, 5) is 26.2. The molecule has 0 spiro atoms. The zero-order valence-corrected chi connectivity index (χ0v) is 15.4. The normalized spacial score (nSPS) is 11.8. The standard InChI is InChI=1S/C19H20N4O2S/c1-12-8-9-17(26-12)16-10-18(23-22-16)21-19(25)11-15(20-13(2)24)14-6-4-3-5-7-14/h3-10,15H,11H2,1-2H3,(H,20,24)(H2,21,22,23,25). The van der Waals surface area contributed by atoms with Gasteiger partial charge in [-0.15, -0.1) is 11.3 Å². The van der Waals surface area contributed by atoms with E-state index in [1.54, 1.807) is 17.4 Å². The zero-order valence-electron chi connectivity index (χ0n) is 14.6. The van der Waals surface area contributed by atoms with Crippen LogP contribution in [0.15, 0.2) is 48.5 Å². The largest absolute Gasteiger partial charge is 0.349 e. The number of rotatable bonds is 6. The first-order chi connectivity index (χ1) is 12.5. The van der Waals surface area contributed by atoms with E-state index in [-0.39, 0.29) is 24.3 Å². The van der Waals surface area contributed by atoms with Crippen LogP contribution in [0.3, 0.4) is 0 Å². The van der Waals surface area contributed by atoms with Gasteiger partial charge in [-0.2, -0.15) is 5.10 Å². The highest BCUT2D eigenvalue weighted by molar-refractivity contribution is 7.15. The van der Waals surface area contributed by atoms with Crippen molar-refractivity contribution in [2.24, 2.45) is 0 Å². The fourth-order valence-electron chi connectivity index (χ4n) is 2.65. The number of aromatic amines is 1. The predicted octanol–water partition coefficient (Wildman–Crippen LogP) is 3.65. The van der Waals surface area contributed by atoms with Crippen molar-refractivity contribution in [2.45, 2.75) is 26.3 Å². The minimum absolute atomic E-state index is 0.129. The topological polar surface area (TPSA) is 86.9 Å². The van der Waals surface area contributed by atoms with Gasteiger partial charge in [-0.05, 0) is 24.6 Å². The number of aryl methyl sites for hydroxylation is 1. The van der Waals surface area contributed by atoms with E-state index < -0.39 is 0 Å². The second-order valence-electron chi connectivity index (χ2n) is 5.99. The lowest BCUT2D eigenvalue weighted by atomic mass is 10.0. The first kappa shape index (κ1) is 17.9. The number of hydrogen-bond acceptors (Lipinski definition) is 4. The summed E-state index contributed by atoms with van der Waals surface area (Å²) in [5.74, 6) is 0.0699. The first-order valence-corrected chi connectivity index (χ1v) is 9.07. The molecule has 1 aromatic carbocycles. The van der Waals surface area contributed by atoms with Crippen LogP contribution in [-0.2, 0) is 9.59 Å². The molecule has 2 heterocycles. The molecule has 0 aliphatic heterocycles. The van der Waals surface area contributed by atoms with Gasteiger partial charge in [-0.1, -0.05) is 30.3 Å². The molecule has 0 saturated heterocycles. The number of carbonyl (C=O) groups excluding carboxylic acids is 2. The van der Waals surface area contributed by atoms with Gasteiger partial charge in [0.2, 0.25) is 11.8 Å². The molecule has 2 amide bonds. The second-order valence-corrected chi connectivity index (χ2v) is 7.28. The number of anilines is 1. The molecular weight excluding hydrogens is 348 g/mol. The molecule has 0 bridgehead atoms. The number of nitrogens with zero attached hydrogens (tertiary/aromatic N) is 1. The number of H-pyrrole nitrogens is 1. The Bertz CT molecular complexity index is 901. The van der Waals surface area contributed by atoms with Crippen molar-refractivity contribution >= 4 is 29.0 Å². The van der Waals surface area contributed by atoms with Crippen molar-refractivity contribution in [3.63, 3.8) is 0 Å². The Morgan fingerprint density at radius 2 is 1.96 bits per heavy atom. The molecule has 2 aromatic heterocycles. The van der Waals surface area contributed by atoms with Crippen LogP contribution in [0.5, 0.6) is 0 Å². The number of thiophene rings is 1. The fourth-order valence-corrected chi connectivity index (χ4v) is 3.49. The van der Waals surface area contributed by atoms with E-state index in [9.17, 15) is 9.59 Å². The van der Waals surface area contributed by atoms with Gasteiger partial charge in [0.1, 0.15) is 0 Å². The highest BCUT2D eigenvalue weighted by Crippen LogP contribution is 2.27. The quantitative estimate of drug-likeness (QED) is 0.621. The maximum absolute atomic E-state index is 12.4. The van der Waals surface area contributed by atoms with Gasteiger partial charge in [-0.25, -0.2) is 0 Å². The average molecular weight is 368 g/mol. The molecule has 0 aliphatic rings. The molecule has 0 fully saturated rings. The van der Waals surface area contributed by atoms with Gasteiger partial charge in [0.05, 0.1) is 23.0 Å². The third-order valence-electron chi connectivity index (χ3n) is 3.82. The van der Waals surface area contributed by atoms with Crippen LogP contribution in [-0.4, -0.2) is 22.0 Å². The van der Waals surface area contributed by atoms with Crippen LogP contribution in [0.25, 0.3) is 10.6 Å². The fraction of sp³-hybridized carbons (Fsp3) is 0.211. The molecule has 0 saturated carbocycles. The third kappa shape index (κ3) is 4.58. The van der Waals surface area contributed by atoms with E-state index in [0.29, 0.717) is 5.82 Å². The molecule has 7 heteroatoms. The monoisotopic (exact) mass is 368 g/mol. The number of carbonyl (C=O) groups is 2. The molecular formula is C19H20N4O2S. The highest BCUT2D eigenvalue weighted by atomic mass is 32.1. The Morgan fingerprint density at radius 3 is 2.62 bits per heavy atom. The Labute approximate surface area is 155 Å². The van der Waals surface area contributed by atoms with E-state index in [4.69, 9.17) is 0 Å². The van der Waals surface area contributed by atoms with E-state index >= 15 is 0 Å². The number of benzene rings is 1. The van der Waals surface area contributed by atoms with Crippen LogP contribution in [0, 0.1) is 6.92 Å². The van der Waals surface area contributed by atoms with E-state index in [1.165, 1.54) is 11.8 Å². The Hall–Kier alpha value is -2.93. The maximum Gasteiger partial charge on any atom is 0.227 e. The van der Waals surface area contributed by atoms with Gasteiger partial charge in [-0.3, -0.25) is 14.7 Å². The lowest BCUT2D eigenvalue weighted by molar-refractivity contribution is -0.120. The number of nitrogens with one attached hydrogen (secondary N) is 3. The summed E-state index contributed by atoms with van der Waals surface area (Å²) in [6.45, 7) is 3.48. The lowest BCUT2D eigenvalue weighted by Crippen LogP contribution is -2.29. The zero-order chi connectivity index (χ0) is 18.5. The number of hydrogen-bond donors (Lipinski definition) is 3. The second kappa shape index (κ2) is 7.97. The molecule has 0 aliphatic carbocycles. The number of aromatic nitrogens is 2. The van der Waals surface area contributed by atoms with Crippen LogP contribution in [0.1, 0.15) is 29.8 Å². The van der Waals surface area contributed by atoms with Gasteiger partial charge in [0, 0.05) is 17.9 Å². The summed E-state index contributed by atoms with van der Waals surface area (Å²) in [6, 6.07) is 14.9. The van der Waals surface area contributed by atoms with Gasteiger partial charge in [0.15, 0.2) is 5.82 Å². The number of amides is 2. The summed E-state index contributed by atoms with van der Waals surface area (Å²) in [5.41, 5.74) is 1.74. The van der Waals surface area contributed by atoms with Crippen LogP contribution in [0.4, 0.5) is 5.82 Å². The van der Waals surface area contributed by atoms with Crippen LogP contribution in [0.2, 0.25) is 0 Å². The summed E-state index contributed by atoms with van der Waals surface area (Å²) >= 11 is 1.66. The average Bonchev–Trinajstić information content (AvgIpc) is 3.23. The molecule has 3 N–H and O–H groups in total. The van der Waals surface area contributed by atoms with Gasteiger partial charge >= 0.3 is 0 Å². The van der Waals surface area contributed by atoms with Crippen LogP contribution >= 0.6 is 11.3 Å². The SMILES string of the molecule is CC(=O)NC(CC(=O)Nc1cc(-c2ccc(C)s2)[nH]n1)c1ccccc1. The lowest BCUT2D eigenvalue weighted by Gasteiger charge is -2.17. The van der Waals surface area contributed by atoms with Gasteiger partial charge < -0.3 is 10.6 Å². The Balaban J connectivity index is 1.67. The van der Waals surface area contributed by atoms with Crippen LogP contribution < -0.4 is 10.6 Å². The Kier molecular flexibility index (Phi) is 5.48. The smallest absolute Gasteiger partial charge is 0.227 e. The molecule has 1 unspecified atom stereocenters. The van der Waals surface area contributed by atoms with Crippen molar-refractivity contribution in [2.75, 3.05) is 5.32 Å². The molecule has 0 radical (unpaired) electrons. The van der Waals surface area contributed by atoms with Gasteiger partial charge in [0.25, 0.3) is 0 Å². The molecule has 1 atom stereocenters. The van der Waals surface area contributed by atoms with E-state index in [1.807, 2.05) is 49.4 Å². The van der Waals surface area contributed by atoms with Crippen molar-refractivity contribution in [3.05, 3.63) is 59.0 Å². The third-order valence-corrected chi connectivity index (χ3v) is 4.85. The van der Waals surface area contributed by atoms with Crippen molar-refractivity contribution < 1.29 is 9.59 Å². The Morgan fingerprint density at radius 1 is 1.19 bits per heavy atom. The minimum atomic E-state index is -0.382. The highest BCUT2D eigenvalue weighted by Gasteiger charge is 2.18. The summed E-state index contributed by atoms with van der Waals surface area (Å²) < 4.78 is 0. The van der Waals surface area contributed by atoms with E-state index in [2.05, 4.69) is 20.8 Å². The molecule has 26 heavy (non-hydrogen) atoms.